The van der Waals surface area contributed by atoms with Gasteiger partial charge in [0, 0.05) is 0 Å². The number of hydrogen-bond acceptors (Lipinski definition) is 2. The Morgan fingerprint density at radius 3 is 2.50 bits per heavy atom. The molecule has 45 valence electrons. The van der Waals surface area contributed by atoms with E-state index in [9.17, 15) is 4.79 Å². The van der Waals surface area contributed by atoms with Crippen LogP contribution in [0, 0.1) is 6.92 Å². The monoisotopic (exact) mass is 113 g/mol. The zero-order chi connectivity index (χ0) is 6.57. The van der Waals surface area contributed by atoms with Gasteiger partial charge in [0.05, 0.1) is 6.10 Å². The maximum absolute atomic E-state index is 9.70. The van der Waals surface area contributed by atoms with E-state index in [1.807, 2.05) is 0 Å². The molecule has 0 rings (SSSR count). The first-order valence-corrected chi connectivity index (χ1v) is 2.31. The van der Waals surface area contributed by atoms with Crippen molar-refractivity contribution < 1.29 is 9.90 Å². The minimum atomic E-state index is -0.750. The number of hydrogen-bond donors (Lipinski definition) is 1. The average Bonchev–Trinajstić information content (AvgIpc) is 1.67. The van der Waals surface area contributed by atoms with Crippen LogP contribution in [-0.4, -0.2) is 17.5 Å². The van der Waals surface area contributed by atoms with Crippen LogP contribution in [0.4, 0.5) is 0 Å². The summed E-state index contributed by atoms with van der Waals surface area (Å²) in [5.41, 5.74) is 0.583. The first kappa shape index (κ1) is 7.37. The molecular weight excluding hydrogens is 104 g/mol. The number of carbonyl (C=O) groups is 1. The normalized spacial score (nSPS) is 15.6. The van der Waals surface area contributed by atoms with E-state index in [-0.39, 0.29) is 0 Å². The largest absolute Gasteiger partial charge is 0.389 e. The van der Waals surface area contributed by atoms with Crippen LogP contribution in [0.1, 0.15) is 6.92 Å². The van der Waals surface area contributed by atoms with Crippen molar-refractivity contribution in [2.75, 3.05) is 0 Å². The molecule has 1 N–H and O–H groups in total. The van der Waals surface area contributed by atoms with Crippen molar-refractivity contribution in [2.24, 2.45) is 0 Å². The standard InChI is InChI=1S/C6H9O2/c1-5(3-4-7)6(2)8/h3-4,6,8H,2H2,1H3. The summed E-state index contributed by atoms with van der Waals surface area (Å²) >= 11 is 0. The maximum atomic E-state index is 9.70. The van der Waals surface area contributed by atoms with E-state index in [1.165, 1.54) is 6.08 Å². The first-order chi connectivity index (χ1) is 3.68. The van der Waals surface area contributed by atoms with Crippen LogP contribution in [0.5, 0.6) is 0 Å². The summed E-state index contributed by atoms with van der Waals surface area (Å²) in [4.78, 5) is 9.70. The van der Waals surface area contributed by atoms with E-state index >= 15 is 0 Å². The number of aldehydes is 1. The van der Waals surface area contributed by atoms with Crippen LogP contribution in [0.3, 0.4) is 0 Å². The molecule has 2 heteroatoms. The van der Waals surface area contributed by atoms with Gasteiger partial charge in [-0.2, -0.15) is 0 Å². The van der Waals surface area contributed by atoms with Gasteiger partial charge >= 0.3 is 0 Å². The first-order valence-electron chi connectivity index (χ1n) is 2.31. The molecule has 0 saturated carbocycles. The Morgan fingerprint density at radius 2 is 2.38 bits per heavy atom. The van der Waals surface area contributed by atoms with E-state index in [0.29, 0.717) is 11.9 Å². The van der Waals surface area contributed by atoms with Gasteiger partial charge in [-0.15, -0.1) is 0 Å². The highest BCUT2D eigenvalue weighted by molar-refractivity contribution is 5.66. The zero-order valence-corrected chi connectivity index (χ0v) is 4.79. The van der Waals surface area contributed by atoms with E-state index in [4.69, 9.17) is 5.11 Å². The molecule has 1 radical (unpaired) electrons. The van der Waals surface area contributed by atoms with Crippen molar-refractivity contribution in [2.45, 2.75) is 13.0 Å². The Kier molecular flexibility index (Phi) is 3.12. The van der Waals surface area contributed by atoms with Gasteiger partial charge in [0.2, 0.25) is 0 Å². The van der Waals surface area contributed by atoms with Crippen LogP contribution in [0.15, 0.2) is 11.6 Å². The van der Waals surface area contributed by atoms with Crippen LogP contribution in [-0.2, 0) is 4.79 Å². The van der Waals surface area contributed by atoms with Crippen molar-refractivity contribution in [1.82, 2.24) is 0 Å². The van der Waals surface area contributed by atoms with Gasteiger partial charge in [0.15, 0.2) is 0 Å². The van der Waals surface area contributed by atoms with Crippen LogP contribution < -0.4 is 0 Å². The summed E-state index contributed by atoms with van der Waals surface area (Å²) in [5.74, 6) is 0. The second-order valence-electron chi connectivity index (χ2n) is 1.56. The maximum Gasteiger partial charge on any atom is 0.142 e. The average molecular weight is 113 g/mol. The van der Waals surface area contributed by atoms with Crippen molar-refractivity contribution >= 4 is 6.29 Å². The summed E-state index contributed by atoms with van der Waals surface area (Å²) in [6, 6.07) is 0. The Labute approximate surface area is 48.8 Å². The third kappa shape index (κ3) is 2.53. The van der Waals surface area contributed by atoms with Gasteiger partial charge in [0.1, 0.15) is 6.29 Å². The molecule has 8 heavy (non-hydrogen) atoms. The molecule has 1 atom stereocenters. The topological polar surface area (TPSA) is 37.3 Å². The zero-order valence-electron chi connectivity index (χ0n) is 4.79. The molecule has 1 unspecified atom stereocenters. The van der Waals surface area contributed by atoms with E-state index < -0.39 is 6.10 Å². The molecule has 0 aromatic carbocycles. The molecule has 0 saturated heterocycles. The molecule has 0 aliphatic carbocycles. The fourth-order valence-corrected chi connectivity index (χ4v) is 0.218. The molecule has 0 heterocycles. The minimum Gasteiger partial charge on any atom is -0.389 e. The van der Waals surface area contributed by atoms with E-state index in [0.717, 1.165) is 0 Å². The summed E-state index contributed by atoms with van der Waals surface area (Å²) < 4.78 is 0. The van der Waals surface area contributed by atoms with Crippen molar-refractivity contribution in [3.05, 3.63) is 18.6 Å². The van der Waals surface area contributed by atoms with Gasteiger partial charge in [-0.05, 0) is 25.5 Å². The van der Waals surface area contributed by atoms with Crippen molar-refractivity contribution in [3.63, 3.8) is 0 Å². The predicted octanol–water partition coefficient (Wildman–Crippen LogP) is 0.327. The molecular formula is C6H9O2. The van der Waals surface area contributed by atoms with Crippen LogP contribution in [0.2, 0.25) is 0 Å². The number of carbonyl (C=O) groups excluding carboxylic acids is 1. The SMILES string of the molecule is [CH2]C(O)C(C)=CC=O. The molecule has 0 aromatic heterocycles. The molecule has 0 aromatic rings. The molecule has 2 nitrogen and oxygen atoms in total. The Morgan fingerprint density at radius 1 is 1.88 bits per heavy atom. The lowest BCUT2D eigenvalue weighted by molar-refractivity contribution is -0.104. The highest BCUT2D eigenvalue weighted by Gasteiger charge is 1.94. The summed E-state index contributed by atoms with van der Waals surface area (Å²) in [5, 5.41) is 8.61. The lowest BCUT2D eigenvalue weighted by Gasteiger charge is -1.99. The highest BCUT2D eigenvalue weighted by atomic mass is 16.3. The molecule has 0 spiro atoms. The number of rotatable bonds is 2. The smallest absolute Gasteiger partial charge is 0.142 e. The van der Waals surface area contributed by atoms with Gasteiger partial charge in [-0.3, -0.25) is 4.79 Å². The third-order valence-corrected chi connectivity index (χ3v) is 0.857. The molecule has 0 aliphatic heterocycles. The summed E-state index contributed by atoms with van der Waals surface area (Å²) in [6.45, 7) is 4.93. The van der Waals surface area contributed by atoms with Crippen LogP contribution in [0.25, 0.3) is 0 Å². The number of allylic oxidation sites excluding steroid dienone is 1. The van der Waals surface area contributed by atoms with Gasteiger partial charge < -0.3 is 5.11 Å². The van der Waals surface area contributed by atoms with Gasteiger partial charge in [0.25, 0.3) is 0 Å². The quantitative estimate of drug-likeness (QED) is 0.414. The predicted molar refractivity (Wildman–Crippen MR) is 31.2 cm³/mol. The van der Waals surface area contributed by atoms with E-state index in [1.54, 1.807) is 6.92 Å². The Hall–Kier alpha value is -0.630. The Balaban J connectivity index is 3.78. The fourth-order valence-electron chi connectivity index (χ4n) is 0.218. The van der Waals surface area contributed by atoms with E-state index in [2.05, 4.69) is 6.92 Å². The number of aliphatic hydroxyl groups excluding tert-OH is 1. The molecule has 0 aliphatic rings. The van der Waals surface area contributed by atoms with Crippen LogP contribution >= 0.6 is 0 Å². The molecule has 0 bridgehead atoms. The van der Waals surface area contributed by atoms with Crippen molar-refractivity contribution in [3.8, 4) is 0 Å². The fraction of sp³-hybridized carbons (Fsp3) is 0.333. The number of aliphatic hydroxyl groups is 1. The second kappa shape index (κ2) is 3.38. The third-order valence-electron chi connectivity index (χ3n) is 0.857. The Bertz CT molecular complexity index is 103. The van der Waals surface area contributed by atoms with Crippen molar-refractivity contribution in [1.29, 1.82) is 0 Å². The van der Waals surface area contributed by atoms with Gasteiger partial charge in [-0.25, -0.2) is 0 Å². The summed E-state index contributed by atoms with van der Waals surface area (Å²) in [6.07, 6.45) is 1.17. The minimum absolute atomic E-state index is 0.583. The second-order valence-corrected chi connectivity index (χ2v) is 1.56. The van der Waals surface area contributed by atoms with Gasteiger partial charge in [-0.1, -0.05) is 0 Å². The lowest BCUT2D eigenvalue weighted by atomic mass is 10.2. The molecule has 0 amide bonds. The summed E-state index contributed by atoms with van der Waals surface area (Å²) in [7, 11) is 0. The molecule has 0 fully saturated rings. The lowest BCUT2D eigenvalue weighted by Crippen LogP contribution is -2.00. The highest BCUT2D eigenvalue weighted by Crippen LogP contribution is 1.95.